The standard InChI is InChI=1S/C11H7F3N2O3/c1-6-10(16(17)18)9(15-19-6)7-2-4-8(5-3-7)11(12,13)14/h2-5H,1H3. The summed E-state index contributed by atoms with van der Waals surface area (Å²) in [4.78, 5) is 10.1. The highest BCUT2D eigenvalue weighted by molar-refractivity contribution is 5.70. The average Bonchev–Trinajstić information content (AvgIpc) is 2.70. The van der Waals surface area contributed by atoms with Crippen molar-refractivity contribution in [2.75, 3.05) is 0 Å². The van der Waals surface area contributed by atoms with Crippen molar-refractivity contribution in [2.45, 2.75) is 13.1 Å². The van der Waals surface area contributed by atoms with Crippen LogP contribution in [0.1, 0.15) is 11.3 Å². The minimum Gasteiger partial charge on any atom is -0.354 e. The molecule has 1 aromatic carbocycles. The van der Waals surface area contributed by atoms with Gasteiger partial charge in [-0.2, -0.15) is 13.2 Å². The molecule has 100 valence electrons. The summed E-state index contributed by atoms with van der Waals surface area (Å²) in [5, 5.41) is 14.3. The molecular weight excluding hydrogens is 265 g/mol. The molecule has 2 aromatic rings. The lowest BCUT2D eigenvalue weighted by atomic mass is 10.1. The summed E-state index contributed by atoms with van der Waals surface area (Å²) in [5.41, 5.74) is -1.08. The molecule has 19 heavy (non-hydrogen) atoms. The normalized spacial score (nSPS) is 11.6. The van der Waals surface area contributed by atoms with Gasteiger partial charge in [-0.3, -0.25) is 10.1 Å². The van der Waals surface area contributed by atoms with E-state index in [0.29, 0.717) is 0 Å². The Morgan fingerprint density at radius 2 is 1.84 bits per heavy atom. The fraction of sp³-hybridized carbons (Fsp3) is 0.182. The van der Waals surface area contributed by atoms with E-state index in [2.05, 4.69) is 5.16 Å². The van der Waals surface area contributed by atoms with E-state index in [9.17, 15) is 23.3 Å². The van der Waals surface area contributed by atoms with Crippen LogP contribution in [0.15, 0.2) is 28.8 Å². The molecule has 0 bridgehead atoms. The molecule has 8 heteroatoms. The number of alkyl halides is 3. The van der Waals surface area contributed by atoms with E-state index in [0.717, 1.165) is 24.3 Å². The van der Waals surface area contributed by atoms with E-state index in [-0.39, 0.29) is 22.7 Å². The summed E-state index contributed by atoms with van der Waals surface area (Å²) >= 11 is 0. The molecule has 0 aliphatic rings. The van der Waals surface area contributed by atoms with Crippen LogP contribution in [0.25, 0.3) is 11.3 Å². The summed E-state index contributed by atoms with van der Waals surface area (Å²) < 4.78 is 41.9. The first kappa shape index (κ1) is 13.1. The van der Waals surface area contributed by atoms with Gasteiger partial charge < -0.3 is 4.52 Å². The first-order valence-electron chi connectivity index (χ1n) is 5.09. The average molecular weight is 272 g/mol. The molecule has 0 saturated heterocycles. The SMILES string of the molecule is Cc1onc(-c2ccc(C(F)(F)F)cc2)c1[N+](=O)[O-]. The molecule has 0 aliphatic heterocycles. The Morgan fingerprint density at radius 3 is 2.32 bits per heavy atom. The number of hydrogen-bond donors (Lipinski definition) is 0. The first-order chi connectivity index (χ1) is 8.80. The van der Waals surface area contributed by atoms with Gasteiger partial charge in [0.25, 0.3) is 0 Å². The van der Waals surface area contributed by atoms with Crippen LogP contribution in [-0.4, -0.2) is 10.1 Å². The minimum absolute atomic E-state index is 0.0000945. The zero-order valence-electron chi connectivity index (χ0n) is 9.56. The van der Waals surface area contributed by atoms with Crippen LogP contribution in [0.4, 0.5) is 18.9 Å². The molecule has 0 radical (unpaired) electrons. The second kappa shape index (κ2) is 4.38. The molecule has 0 amide bonds. The molecule has 0 unspecified atom stereocenters. The van der Waals surface area contributed by atoms with Crippen LogP contribution < -0.4 is 0 Å². The van der Waals surface area contributed by atoms with E-state index in [1.54, 1.807) is 0 Å². The number of halogens is 3. The maximum absolute atomic E-state index is 12.4. The molecule has 2 rings (SSSR count). The summed E-state index contributed by atoms with van der Waals surface area (Å²) in [5.74, 6) is -0.0000945. The molecule has 0 fully saturated rings. The quantitative estimate of drug-likeness (QED) is 0.619. The number of aryl methyl sites for hydroxylation is 1. The van der Waals surface area contributed by atoms with Gasteiger partial charge in [0, 0.05) is 12.5 Å². The van der Waals surface area contributed by atoms with Crippen molar-refractivity contribution in [3.63, 3.8) is 0 Å². The van der Waals surface area contributed by atoms with Crippen molar-refractivity contribution in [2.24, 2.45) is 0 Å². The third-order valence-corrected chi connectivity index (χ3v) is 2.50. The van der Waals surface area contributed by atoms with Crippen molar-refractivity contribution in [3.8, 4) is 11.3 Å². The van der Waals surface area contributed by atoms with Gasteiger partial charge in [0.15, 0.2) is 5.69 Å². The van der Waals surface area contributed by atoms with Crippen molar-refractivity contribution in [3.05, 3.63) is 45.7 Å². The molecule has 1 aromatic heterocycles. The molecule has 0 saturated carbocycles. The van der Waals surface area contributed by atoms with Crippen LogP contribution in [0.2, 0.25) is 0 Å². The van der Waals surface area contributed by atoms with Crippen molar-refractivity contribution in [1.82, 2.24) is 5.16 Å². The number of aromatic nitrogens is 1. The second-order valence-electron chi connectivity index (χ2n) is 3.77. The van der Waals surface area contributed by atoms with Gasteiger partial charge >= 0.3 is 11.9 Å². The molecule has 0 atom stereocenters. The van der Waals surface area contributed by atoms with Crippen LogP contribution in [0.5, 0.6) is 0 Å². The van der Waals surface area contributed by atoms with Gasteiger partial charge in [0.1, 0.15) is 0 Å². The summed E-state index contributed by atoms with van der Waals surface area (Å²) in [6, 6.07) is 3.91. The number of hydrogen-bond acceptors (Lipinski definition) is 4. The maximum Gasteiger partial charge on any atom is 0.416 e. The Bertz CT molecular complexity index is 617. The molecule has 5 nitrogen and oxygen atoms in total. The zero-order chi connectivity index (χ0) is 14.2. The monoisotopic (exact) mass is 272 g/mol. The Morgan fingerprint density at radius 1 is 1.26 bits per heavy atom. The molecule has 0 spiro atoms. The number of rotatable bonds is 2. The summed E-state index contributed by atoms with van der Waals surface area (Å²) in [6.45, 7) is 1.36. The van der Waals surface area contributed by atoms with Gasteiger partial charge in [-0.1, -0.05) is 17.3 Å². The Kier molecular flexibility index (Phi) is 3.01. The molecule has 1 heterocycles. The Labute approximate surface area is 104 Å². The third-order valence-electron chi connectivity index (χ3n) is 2.50. The van der Waals surface area contributed by atoms with Crippen molar-refractivity contribution in [1.29, 1.82) is 0 Å². The second-order valence-corrected chi connectivity index (χ2v) is 3.77. The largest absolute Gasteiger partial charge is 0.416 e. The van der Waals surface area contributed by atoms with Gasteiger partial charge in [0.05, 0.1) is 10.5 Å². The molecule has 0 aliphatic carbocycles. The highest BCUT2D eigenvalue weighted by Crippen LogP contribution is 2.34. The lowest BCUT2D eigenvalue weighted by Crippen LogP contribution is -2.04. The number of nitrogens with zero attached hydrogens (tertiary/aromatic N) is 2. The molecule has 0 N–H and O–H groups in total. The van der Waals surface area contributed by atoms with E-state index in [4.69, 9.17) is 4.52 Å². The topological polar surface area (TPSA) is 69.2 Å². The predicted octanol–water partition coefficient (Wildman–Crippen LogP) is 3.58. The Balaban J connectivity index is 2.46. The summed E-state index contributed by atoms with van der Waals surface area (Å²) in [7, 11) is 0. The van der Waals surface area contributed by atoms with Crippen LogP contribution in [-0.2, 0) is 6.18 Å². The lowest BCUT2D eigenvalue weighted by Gasteiger charge is -2.06. The van der Waals surface area contributed by atoms with Crippen LogP contribution >= 0.6 is 0 Å². The number of benzene rings is 1. The third kappa shape index (κ3) is 2.42. The lowest BCUT2D eigenvalue weighted by molar-refractivity contribution is -0.385. The fourth-order valence-electron chi connectivity index (χ4n) is 1.59. The van der Waals surface area contributed by atoms with Crippen LogP contribution in [0, 0.1) is 17.0 Å². The van der Waals surface area contributed by atoms with Crippen molar-refractivity contribution < 1.29 is 22.6 Å². The van der Waals surface area contributed by atoms with E-state index < -0.39 is 16.7 Å². The minimum atomic E-state index is -4.45. The van der Waals surface area contributed by atoms with Gasteiger partial charge in [0.2, 0.25) is 5.76 Å². The van der Waals surface area contributed by atoms with E-state index in [1.165, 1.54) is 6.92 Å². The smallest absolute Gasteiger partial charge is 0.354 e. The van der Waals surface area contributed by atoms with E-state index >= 15 is 0 Å². The zero-order valence-corrected chi connectivity index (χ0v) is 9.56. The highest BCUT2D eigenvalue weighted by Gasteiger charge is 2.31. The Hall–Kier alpha value is -2.38. The van der Waals surface area contributed by atoms with Gasteiger partial charge in [-0.25, -0.2) is 0 Å². The number of nitro groups is 1. The van der Waals surface area contributed by atoms with Crippen LogP contribution in [0.3, 0.4) is 0 Å². The first-order valence-corrected chi connectivity index (χ1v) is 5.09. The molecular formula is C11H7F3N2O3. The van der Waals surface area contributed by atoms with Crippen molar-refractivity contribution >= 4 is 5.69 Å². The van der Waals surface area contributed by atoms with Gasteiger partial charge in [-0.05, 0) is 12.1 Å². The maximum atomic E-state index is 12.4. The fourth-order valence-corrected chi connectivity index (χ4v) is 1.59. The van der Waals surface area contributed by atoms with Gasteiger partial charge in [-0.15, -0.1) is 0 Å². The summed E-state index contributed by atoms with van der Waals surface area (Å²) in [6.07, 6.45) is -4.45. The highest BCUT2D eigenvalue weighted by atomic mass is 19.4. The predicted molar refractivity (Wildman–Crippen MR) is 58.3 cm³/mol. The van der Waals surface area contributed by atoms with E-state index in [1.807, 2.05) is 0 Å².